The molecule has 5 nitrogen and oxygen atoms in total. The second-order valence-electron chi connectivity index (χ2n) is 18.9. The van der Waals surface area contributed by atoms with Gasteiger partial charge in [-0.25, -0.2) is 0 Å². The highest BCUT2D eigenvalue weighted by molar-refractivity contribution is 5.09. The smallest absolute Gasteiger partial charge is 0.163 e. The fraction of sp³-hybridized carbons (Fsp3) is 1.00. The zero-order valence-electron chi connectivity index (χ0n) is 34.4. The minimum absolute atomic E-state index is 0.309. The number of unbranched alkanes of at least 4 members (excludes halogenated alkanes) is 1. The van der Waals surface area contributed by atoms with Crippen LogP contribution in [0.1, 0.15) is 171 Å². The van der Waals surface area contributed by atoms with E-state index in [4.69, 9.17) is 23.7 Å². The number of fused-ring (bicyclic) bond motifs is 7. The summed E-state index contributed by atoms with van der Waals surface area (Å²) in [5.41, 5.74) is 0.309. The third kappa shape index (κ3) is 12.2. The van der Waals surface area contributed by atoms with E-state index in [0.717, 1.165) is 62.9 Å². The topological polar surface area (TPSA) is 52.8 Å². The molecule has 14 atom stereocenters. The van der Waals surface area contributed by atoms with Gasteiger partial charge in [-0.3, -0.25) is 0 Å². The molecule has 3 saturated heterocycles. The van der Waals surface area contributed by atoms with Crippen molar-refractivity contribution in [1.82, 2.24) is 0 Å². The van der Waals surface area contributed by atoms with Gasteiger partial charge in [0.05, 0.1) is 37.6 Å². The third-order valence-electron chi connectivity index (χ3n) is 14.6. The van der Waals surface area contributed by atoms with Crippen LogP contribution in [0.25, 0.3) is 0 Å². The normalized spacial score (nSPS) is 43.4. The molecule has 0 spiro atoms. The van der Waals surface area contributed by atoms with E-state index in [0.29, 0.717) is 23.9 Å². The molecule has 6 saturated carbocycles. The van der Waals surface area contributed by atoms with Gasteiger partial charge in [0.2, 0.25) is 0 Å². The zero-order chi connectivity index (χ0) is 35.9. The standard InChI is InChI=1S/C11H20O.C10H16.C9H18O2.C9H16.C6H12O2/c1-4-8(2)9-5-6-11(3)10(7-9)12-11;1-2-6-3-7-4-8(6)10-5-9(7)10;1-4-5-6-8-7-10-9(2,3)11-8;1-2-7-3-4-8-6-9(8)5-7;1-2-3-7-4-6-5-8-6/h8-10H,4-7H2,1-3H3;6-10H,2-5H2,1H3;8H,4-7H2,1-3H3;7-9H,2-6H2,1H3;6H,2-5H2,1H3. The Hall–Kier alpha value is -0.200. The van der Waals surface area contributed by atoms with Gasteiger partial charge in [-0.1, -0.05) is 80.1 Å². The van der Waals surface area contributed by atoms with Crippen molar-refractivity contribution in [3.63, 3.8) is 0 Å². The van der Waals surface area contributed by atoms with Crippen LogP contribution >= 0.6 is 0 Å². The highest BCUT2D eigenvalue weighted by Gasteiger charge is 2.60. The van der Waals surface area contributed by atoms with E-state index in [1.54, 1.807) is 38.5 Å². The lowest BCUT2D eigenvalue weighted by Crippen LogP contribution is -2.24. The molecule has 9 rings (SSSR count). The van der Waals surface area contributed by atoms with Crippen LogP contribution in [0.5, 0.6) is 0 Å². The van der Waals surface area contributed by atoms with E-state index in [9.17, 15) is 0 Å². The van der Waals surface area contributed by atoms with Crippen molar-refractivity contribution in [1.29, 1.82) is 0 Å². The number of ether oxygens (including phenoxy) is 5. The molecule has 292 valence electrons. The molecule has 0 amide bonds. The van der Waals surface area contributed by atoms with E-state index >= 15 is 0 Å². The van der Waals surface area contributed by atoms with Crippen LogP contribution in [0.3, 0.4) is 0 Å². The molecule has 0 aromatic carbocycles. The van der Waals surface area contributed by atoms with Crippen molar-refractivity contribution in [3.8, 4) is 0 Å². The Morgan fingerprint density at radius 2 is 1.52 bits per heavy atom. The fourth-order valence-corrected chi connectivity index (χ4v) is 10.5. The van der Waals surface area contributed by atoms with Crippen LogP contribution in [0.2, 0.25) is 0 Å². The number of rotatable bonds is 11. The summed E-state index contributed by atoms with van der Waals surface area (Å²) in [7, 11) is 0. The number of hydrogen-bond acceptors (Lipinski definition) is 5. The summed E-state index contributed by atoms with van der Waals surface area (Å²) < 4.78 is 26.9. The van der Waals surface area contributed by atoms with Gasteiger partial charge in [0.25, 0.3) is 0 Å². The minimum Gasteiger partial charge on any atom is -0.379 e. The molecule has 0 aromatic heterocycles. The van der Waals surface area contributed by atoms with Crippen molar-refractivity contribution in [3.05, 3.63) is 0 Å². The second kappa shape index (κ2) is 18.9. The molecule has 3 heterocycles. The molecule has 9 aliphatic rings. The Morgan fingerprint density at radius 3 is 2.08 bits per heavy atom. The van der Waals surface area contributed by atoms with Gasteiger partial charge >= 0.3 is 0 Å². The van der Waals surface area contributed by atoms with Crippen LogP contribution in [0.15, 0.2) is 0 Å². The maximum absolute atomic E-state index is 5.69. The second-order valence-corrected chi connectivity index (χ2v) is 18.9. The maximum Gasteiger partial charge on any atom is 0.163 e. The Kier molecular flexibility index (Phi) is 15.5. The summed E-state index contributed by atoms with van der Waals surface area (Å²) in [5, 5.41) is 0. The van der Waals surface area contributed by atoms with Gasteiger partial charge in [0.15, 0.2) is 5.79 Å². The molecule has 6 aliphatic carbocycles. The first-order chi connectivity index (χ1) is 24.0. The average molecular weight is 703 g/mol. The van der Waals surface area contributed by atoms with E-state index in [1.807, 2.05) is 13.8 Å². The van der Waals surface area contributed by atoms with E-state index in [-0.39, 0.29) is 5.79 Å². The summed E-state index contributed by atoms with van der Waals surface area (Å²) in [4.78, 5) is 0. The molecule has 50 heavy (non-hydrogen) atoms. The van der Waals surface area contributed by atoms with Crippen LogP contribution in [0.4, 0.5) is 0 Å². The summed E-state index contributed by atoms with van der Waals surface area (Å²) >= 11 is 0. The lowest BCUT2D eigenvalue weighted by Gasteiger charge is -2.26. The summed E-state index contributed by atoms with van der Waals surface area (Å²) in [6.07, 6.45) is 25.4. The monoisotopic (exact) mass is 703 g/mol. The molecule has 0 N–H and O–H groups in total. The highest BCUT2D eigenvalue weighted by atomic mass is 16.7. The van der Waals surface area contributed by atoms with Crippen LogP contribution in [-0.4, -0.2) is 56.1 Å². The van der Waals surface area contributed by atoms with E-state index in [2.05, 4.69) is 48.5 Å². The SMILES string of the molecule is CCC(C)C1CCC2(C)OC2C1.CCC1CC2CC1C1CC21.CCC1CCC2CC2C1.CCCCC1COC(C)(C)O1.CCCOCC1CO1. The van der Waals surface area contributed by atoms with Crippen LogP contribution in [0, 0.1) is 59.2 Å². The lowest BCUT2D eigenvalue weighted by molar-refractivity contribution is -0.139. The van der Waals surface area contributed by atoms with Gasteiger partial charge in [0.1, 0.15) is 6.10 Å². The lowest BCUT2D eigenvalue weighted by atomic mass is 9.76. The van der Waals surface area contributed by atoms with E-state index in [1.165, 1.54) is 93.3 Å². The van der Waals surface area contributed by atoms with Crippen molar-refractivity contribution in [2.45, 2.75) is 201 Å². The molecular formula is C45H82O5. The largest absolute Gasteiger partial charge is 0.379 e. The molecule has 2 bridgehead atoms. The Bertz CT molecular complexity index is 981. The fourth-order valence-electron chi connectivity index (χ4n) is 10.5. The minimum atomic E-state index is -0.335. The predicted molar refractivity (Wildman–Crippen MR) is 206 cm³/mol. The quantitative estimate of drug-likeness (QED) is 0.158. The molecule has 5 heteroatoms. The zero-order valence-corrected chi connectivity index (χ0v) is 34.4. The first-order valence-corrected chi connectivity index (χ1v) is 22.2. The van der Waals surface area contributed by atoms with Crippen molar-refractivity contribution >= 4 is 0 Å². The Balaban J connectivity index is 0.000000122. The molecule has 14 unspecified atom stereocenters. The van der Waals surface area contributed by atoms with E-state index < -0.39 is 0 Å². The number of hydrogen-bond donors (Lipinski definition) is 0. The predicted octanol–water partition coefficient (Wildman–Crippen LogP) is 11.7. The molecule has 0 aromatic rings. The Labute approximate surface area is 309 Å². The maximum atomic E-state index is 5.69. The van der Waals surface area contributed by atoms with Crippen LogP contribution in [-0.2, 0) is 23.7 Å². The summed E-state index contributed by atoms with van der Waals surface area (Å²) in [6, 6.07) is 0. The molecular weight excluding hydrogens is 620 g/mol. The first-order valence-electron chi connectivity index (χ1n) is 22.2. The molecule has 9 fully saturated rings. The Morgan fingerprint density at radius 1 is 0.720 bits per heavy atom. The molecule has 3 aliphatic heterocycles. The summed E-state index contributed by atoms with van der Waals surface area (Å²) in [6.45, 7) is 23.3. The van der Waals surface area contributed by atoms with Crippen molar-refractivity contribution in [2.75, 3.05) is 26.4 Å². The van der Waals surface area contributed by atoms with Gasteiger partial charge in [-0.15, -0.1) is 0 Å². The van der Waals surface area contributed by atoms with Gasteiger partial charge in [-0.2, -0.15) is 0 Å². The van der Waals surface area contributed by atoms with Crippen molar-refractivity contribution in [2.24, 2.45) is 59.2 Å². The van der Waals surface area contributed by atoms with Crippen molar-refractivity contribution < 1.29 is 23.7 Å². The highest BCUT2D eigenvalue weighted by Crippen LogP contribution is 2.68. The van der Waals surface area contributed by atoms with Gasteiger partial charge in [-0.05, 0) is 151 Å². The molecule has 0 radical (unpaired) electrons. The number of epoxide rings is 2. The van der Waals surface area contributed by atoms with Crippen LogP contribution < -0.4 is 0 Å². The summed E-state index contributed by atoms with van der Waals surface area (Å²) in [5.74, 6) is 11.0. The van der Waals surface area contributed by atoms with Gasteiger partial charge < -0.3 is 23.7 Å². The van der Waals surface area contributed by atoms with Gasteiger partial charge in [0, 0.05) is 6.61 Å². The first kappa shape index (κ1) is 41.0. The third-order valence-corrected chi connectivity index (χ3v) is 14.6. The average Bonchev–Trinajstić information content (AvgIpc) is 4.00.